The van der Waals surface area contributed by atoms with Crippen molar-refractivity contribution in [2.45, 2.75) is 6.54 Å². The summed E-state index contributed by atoms with van der Waals surface area (Å²) in [6, 6.07) is 11.6. The van der Waals surface area contributed by atoms with E-state index in [4.69, 9.17) is 11.6 Å². The summed E-state index contributed by atoms with van der Waals surface area (Å²) >= 11 is 6.13. The van der Waals surface area contributed by atoms with Gasteiger partial charge in [0.2, 0.25) is 0 Å². The van der Waals surface area contributed by atoms with E-state index >= 15 is 0 Å². The van der Waals surface area contributed by atoms with Crippen molar-refractivity contribution >= 4 is 23.2 Å². The van der Waals surface area contributed by atoms with Crippen LogP contribution in [-0.4, -0.2) is 32.3 Å². The molecule has 1 aromatic heterocycles. The van der Waals surface area contributed by atoms with Crippen LogP contribution in [0.1, 0.15) is 15.9 Å². The van der Waals surface area contributed by atoms with E-state index in [-0.39, 0.29) is 17.2 Å². The van der Waals surface area contributed by atoms with E-state index in [0.717, 1.165) is 5.56 Å². The minimum absolute atomic E-state index is 0.167. The van der Waals surface area contributed by atoms with Crippen LogP contribution in [0.5, 0.6) is 0 Å². The van der Waals surface area contributed by atoms with Gasteiger partial charge in [-0.15, -0.1) is 0 Å². The summed E-state index contributed by atoms with van der Waals surface area (Å²) in [5.41, 5.74) is 1.21. The molecule has 0 saturated heterocycles. The third-order valence-corrected chi connectivity index (χ3v) is 4.28. The minimum Gasteiger partial charge on any atom is -0.337 e. The molecule has 0 aliphatic carbocycles. The maximum Gasteiger partial charge on any atom is 0.294 e. The number of amides is 1. The molecule has 0 bridgehead atoms. The number of nitro benzene ring substituents is 1. The first kappa shape index (κ1) is 17.6. The second kappa shape index (κ2) is 7.37. The zero-order chi connectivity index (χ0) is 18.7. The number of imidazole rings is 1. The van der Waals surface area contributed by atoms with Gasteiger partial charge in [-0.05, 0) is 23.8 Å². The summed E-state index contributed by atoms with van der Waals surface area (Å²) in [5, 5.41) is 12.0. The molecule has 0 radical (unpaired) electrons. The number of nitro groups is 1. The Balaban J connectivity index is 1.89. The van der Waals surface area contributed by atoms with Gasteiger partial charge in [-0.25, -0.2) is 4.98 Å². The molecule has 0 unspecified atom stereocenters. The molecule has 0 atom stereocenters. The third-order valence-electron chi connectivity index (χ3n) is 3.91. The van der Waals surface area contributed by atoms with Gasteiger partial charge in [0.15, 0.2) is 0 Å². The van der Waals surface area contributed by atoms with E-state index in [2.05, 4.69) is 4.98 Å². The third kappa shape index (κ3) is 3.57. The fourth-order valence-electron chi connectivity index (χ4n) is 2.60. The van der Waals surface area contributed by atoms with Crippen molar-refractivity contribution in [3.05, 3.63) is 87.4 Å². The van der Waals surface area contributed by atoms with Crippen molar-refractivity contribution < 1.29 is 9.72 Å². The van der Waals surface area contributed by atoms with Gasteiger partial charge in [-0.3, -0.25) is 14.9 Å². The SMILES string of the molecule is CN(Cc1ccccc1Cl)C(=O)c1ccc(-n2ccnc2)c([N+](=O)[O-])c1. The number of benzene rings is 2. The number of hydrogen-bond donors (Lipinski definition) is 0. The maximum atomic E-state index is 12.7. The lowest BCUT2D eigenvalue weighted by Crippen LogP contribution is -2.26. The number of aromatic nitrogens is 2. The lowest BCUT2D eigenvalue weighted by Gasteiger charge is -2.18. The van der Waals surface area contributed by atoms with Crippen LogP contribution in [0.25, 0.3) is 5.69 Å². The normalized spacial score (nSPS) is 10.5. The quantitative estimate of drug-likeness (QED) is 0.506. The highest BCUT2D eigenvalue weighted by molar-refractivity contribution is 6.31. The van der Waals surface area contributed by atoms with E-state index < -0.39 is 4.92 Å². The smallest absolute Gasteiger partial charge is 0.294 e. The molecule has 0 N–H and O–H groups in total. The van der Waals surface area contributed by atoms with Gasteiger partial charge in [0.1, 0.15) is 5.69 Å². The number of nitrogens with zero attached hydrogens (tertiary/aromatic N) is 4. The highest BCUT2D eigenvalue weighted by Crippen LogP contribution is 2.25. The first-order chi connectivity index (χ1) is 12.5. The van der Waals surface area contributed by atoms with E-state index in [1.807, 2.05) is 18.2 Å². The topological polar surface area (TPSA) is 81.3 Å². The molecule has 0 aliphatic rings. The number of carbonyl (C=O) groups is 1. The summed E-state index contributed by atoms with van der Waals surface area (Å²) in [4.78, 5) is 28.9. The molecular weight excluding hydrogens is 356 g/mol. The maximum absolute atomic E-state index is 12.7. The van der Waals surface area contributed by atoms with Gasteiger partial charge < -0.3 is 9.47 Å². The van der Waals surface area contributed by atoms with Crippen LogP contribution in [0.4, 0.5) is 5.69 Å². The van der Waals surface area contributed by atoms with Crippen LogP contribution in [0.15, 0.2) is 61.2 Å². The Bertz CT molecular complexity index is 957. The molecule has 1 heterocycles. The zero-order valence-electron chi connectivity index (χ0n) is 13.9. The van der Waals surface area contributed by atoms with Gasteiger partial charge >= 0.3 is 0 Å². The summed E-state index contributed by atoms with van der Waals surface area (Å²) < 4.78 is 1.53. The zero-order valence-corrected chi connectivity index (χ0v) is 14.6. The Morgan fingerprint density at radius 1 is 1.31 bits per heavy atom. The molecule has 0 spiro atoms. The highest BCUT2D eigenvalue weighted by atomic mass is 35.5. The molecule has 132 valence electrons. The van der Waals surface area contributed by atoms with E-state index in [9.17, 15) is 14.9 Å². The number of carbonyl (C=O) groups excluding carboxylic acids is 1. The fraction of sp³-hybridized carbons (Fsp3) is 0.111. The summed E-state index contributed by atoms with van der Waals surface area (Å²) in [7, 11) is 1.63. The second-order valence-electron chi connectivity index (χ2n) is 5.68. The van der Waals surface area contributed by atoms with Crippen LogP contribution >= 0.6 is 11.6 Å². The van der Waals surface area contributed by atoms with Gasteiger partial charge in [0.25, 0.3) is 11.6 Å². The molecule has 7 nitrogen and oxygen atoms in total. The fourth-order valence-corrected chi connectivity index (χ4v) is 2.79. The van der Waals surface area contributed by atoms with Crippen LogP contribution in [0.3, 0.4) is 0 Å². The lowest BCUT2D eigenvalue weighted by atomic mass is 10.1. The standard InChI is InChI=1S/C18H15ClN4O3/c1-21(11-14-4-2-3-5-15(14)19)18(24)13-6-7-16(17(10-13)23(25)26)22-9-8-20-12-22/h2-10,12H,11H2,1H3. The van der Waals surface area contributed by atoms with Crippen molar-refractivity contribution in [1.29, 1.82) is 0 Å². The summed E-state index contributed by atoms with van der Waals surface area (Å²) in [6.45, 7) is 0.301. The predicted molar refractivity (Wildman–Crippen MR) is 97.5 cm³/mol. The highest BCUT2D eigenvalue weighted by Gasteiger charge is 2.21. The largest absolute Gasteiger partial charge is 0.337 e. The van der Waals surface area contributed by atoms with Gasteiger partial charge in [-0.2, -0.15) is 0 Å². The first-order valence-electron chi connectivity index (χ1n) is 7.73. The summed E-state index contributed by atoms with van der Waals surface area (Å²) in [6.07, 6.45) is 4.60. The van der Waals surface area contributed by atoms with Crippen LogP contribution < -0.4 is 0 Å². The molecule has 0 aliphatic heterocycles. The first-order valence-corrected chi connectivity index (χ1v) is 8.11. The minimum atomic E-state index is -0.514. The molecule has 3 aromatic rings. The molecule has 2 aromatic carbocycles. The number of rotatable bonds is 5. The van der Waals surface area contributed by atoms with Crippen LogP contribution in [-0.2, 0) is 6.54 Å². The van der Waals surface area contributed by atoms with Crippen molar-refractivity contribution in [3.8, 4) is 5.69 Å². The molecular formula is C18H15ClN4O3. The van der Waals surface area contributed by atoms with Crippen molar-refractivity contribution in [2.24, 2.45) is 0 Å². The average Bonchev–Trinajstić information content (AvgIpc) is 3.17. The van der Waals surface area contributed by atoms with E-state index in [0.29, 0.717) is 17.3 Å². The molecule has 26 heavy (non-hydrogen) atoms. The van der Waals surface area contributed by atoms with Crippen molar-refractivity contribution in [1.82, 2.24) is 14.5 Å². The lowest BCUT2D eigenvalue weighted by molar-refractivity contribution is -0.384. The molecule has 3 rings (SSSR count). The van der Waals surface area contributed by atoms with Crippen molar-refractivity contribution in [2.75, 3.05) is 7.05 Å². The Labute approximate surface area is 154 Å². The van der Waals surface area contributed by atoms with Crippen LogP contribution in [0.2, 0.25) is 5.02 Å². The Hall–Kier alpha value is -3.19. The van der Waals surface area contributed by atoms with Crippen LogP contribution in [0, 0.1) is 10.1 Å². The van der Waals surface area contributed by atoms with E-state index in [1.165, 1.54) is 34.1 Å². The Kier molecular flexibility index (Phi) is 4.99. The van der Waals surface area contributed by atoms with Gasteiger partial charge in [-0.1, -0.05) is 29.8 Å². The molecule has 1 amide bonds. The molecule has 0 fully saturated rings. The number of halogens is 1. The summed E-state index contributed by atoms with van der Waals surface area (Å²) in [5.74, 6) is -0.329. The number of hydrogen-bond acceptors (Lipinski definition) is 4. The molecule has 8 heteroatoms. The predicted octanol–water partition coefficient (Wildman–Crippen LogP) is 3.71. The average molecular weight is 371 g/mol. The van der Waals surface area contributed by atoms with Gasteiger partial charge in [0.05, 0.1) is 11.3 Å². The Morgan fingerprint density at radius 3 is 2.73 bits per heavy atom. The Morgan fingerprint density at radius 2 is 2.08 bits per heavy atom. The second-order valence-corrected chi connectivity index (χ2v) is 6.09. The molecule has 0 saturated carbocycles. The monoisotopic (exact) mass is 370 g/mol. The van der Waals surface area contributed by atoms with Gasteiger partial charge in [0, 0.05) is 42.6 Å². The van der Waals surface area contributed by atoms with E-state index in [1.54, 1.807) is 25.4 Å². The van der Waals surface area contributed by atoms with Crippen molar-refractivity contribution in [3.63, 3.8) is 0 Å².